The fraction of sp³-hybridized carbons (Fsp3) is 0.200. The smallest absolute Gasteiger partial charge is 0.180 e. The lowest BCUT2D eigenvalue weighted by molar-refractivity contribution is 0.284. The van der Waals surface area contributed by atoms with E-state index in [9.17, 15) is 0 Å². The zero-order chi connectivity index (χ0) is 15.4. The average Bonchev–Trinajstić information content (AvgIpc) is 2.48. The first-order valence-corrected chi connectivity index (χ1v) is 8.29. The molecule has 0 radical (unpaired) electrons. The van der Waals surface area contributed by atoms with Gasteiger partial charge in [0, 0.05) is 20.9 Å². The van der Waals surface area contributed by atoms with Crippen molar-refractivity contribution in [3.05, 3.63) is 56.5 Å². The van der Waals surface area contributed by atoms with Gasteiger partial charge in [0.25, 0.3) is 0 Å². The Balaban J connectivity index is 2.25. The number of hydrogen-bond donors (Lipinski definition) is 0. The fourth-order valence-corrected chi connectivity index (χ4v) is 2.77. The van der Waals surface area contributed by atoms with Gasteiger partial charge in [-0.25, -0.2) is 0 Å². The molecule has 0 spiro atoms. The summed E-state index contributed by atoms with van der Waals surface area (Å²) in [5, 5.41) is 2.36. The summed E-state index contributed by atoms with van der Waals surface area (Å²) in [4.78, 5) is 0. The van der Waals surface area contributed by atoms with Crippen molar-refractivity contribution in [3.63, 3.8) is 0 Å². The summed E-state index contributed by atoms with van der Waals surface area (Å²) in [6.45, 7) is 0.253. The Kier molecular flexibility index (Phi) is 6.06. The van der Waals surface area contributed by atoms with Crippen LogP contribution in [-0.4, -0.2) is 7.11 Å². The monoisotopic (exact) mass is 408 g/mol. The lowest BCUT2D eigenvalue weighted by Crippen LogP contribution is -2.00. The normalized spacial score (nSPS) is 10.5. The molecule has 0 aliphatic heterocycles. The van der Waals surface area contributed by atoms with Gasteiger partial charge in [0.15, 0.2) is 11.5 Å². The minimum Gasteiger partial charge on any atom is -0.493 e. The second-order valence-electron chi connectivity index (χ2n) is 4.27. The molecule has 6 heteroatoms. The van der Waals surface area contributed by atoms with Gasteiger partial charge in [-0.1, -0.05) is 50.7 Å². The first kappa shape index (κ1) is 16.8. The zero-order valence-corrected chi connectivity index (χ0v) is 15.0. The van der Waals surface area contributed by atoms with Crippen molar-refractivity contribution in [1.82, 2.24) is 0 Å². The highest BCUT2D eigenvalue weighted by Gasteiger charge is 2.13. The molecule has 0 aliphatic carbocycles. The van der Waals surface area contributed by atoms with Gasteiger partial charge in [-0.05, 0) is 35.9 Å². The molecule has 0 N–H and O–H groups in total. The van der Waals surface area contributed by atoms with Gasteiger partial charge in [0.05, 0.1) is 12.1 Å². The highest BCUT2D eigenvalue weighted by molar-refractivity contribution is 9.08. The van der Waals surface area contributed by atoms with Gasteiger partial charge >= 0.3 is 0 Å². The lowest BCUT2D eigenvalue weighted by Gasteiger charge is -2.14. The third kappa shape index (κ3) is 4.19. The quantitative estimate of drug-likeness (QED) is 0.552. The van der Waals surface area contributed by atoms with Crippen LogP contribution >= 0.6 is 50.7 Å². The molecule has 0 amide bonds. The third-order valence-electron chi connectivity index (χ3n) is 2.82. The van der Waals surface area contributed by atoms with E-state index in [1.807, 2.05) is 12.1 Å². The molecule has 0 aliphatic rings. The van der Waals surface area contributed by atoms with Crippen LogP contribution in [0.4, 0.5) is 0 Å². The van der Waals surface area contributed by atoms with Gasteiger partial charge in [-0.15, -0.1) is 0 Å². The van der Waals surface area contributed by atoms with Gasteiger partial charge in [-0.2, -0.15) is 0 Å². The molecule has 2 aromatic carbocycles. The maximum absolute atomic E-state index is 6.24. The van der Waals surface area contributed by atoms with Gasteiger partial charge in [0.2, 0.25) is 0 Å². The van der Waals surface area contributed by atoms with Crippen molar-refractivity contribution in [2.24, 2.45) is 0 Å². The van der Waals surface area contributed by atoms with Gasteiger partial charge < -0.3 is 9.47 Å². The largest absolute Gasteiger partial charge is 0.493 e. The second-order valence-corrected chi connectivity index (χ2v) is 6.08. The Labute approximate surface area is 147 Å². The van der Waals surface area contributed by atoms with Crippen LogP contribution in [0.1, 0.15) is 11.1 Å². The minimum absolute atomic E-state index is 0.253. The van der Waals surface area contributed by atoms with Crippen molar-refractivity contribution in [3.8, 4) is 11.5 Å². The number of methoxy groups -OCH3 is 1. The first-order valence-electron chi connectivity index (χ1n) is 6.04. The molecule has 0 bridgehead atoms. The van der Waals surface area contributed by atoms with Crippen molar-refractivity contribution in [2.45, 2.75) is 11.9 Å². The van der Waals surface area contributed by atoms with E-state index >= 15 is 0 Å². The van der Waals surface area contributed by atoms with E-state index in [-0.39, 0.29) is 6.61 Å². The maximum Gasteiger partial charge on any atom is 0.180 e. The molecule has 2 rings (SSSR count). The van der Waals surface area contributed by atoms with Crippen molar-refractivity contribution in [1.29, 1.82) is 0 Å². The van der Waals surface area contributed by atoms with Gasteiger partial charge in [-0.3, -0.25) is 0 Å². The summed E-state index contributed by atoms with van der Waals surface area (Å²) >= 11 is 21.7. The molecule has 0 saturated heterocycles. The SMILES string of the molecule is COc1cc(CBr)cc(Cl)c1OCc1cc(Cl)ccc1Cl. The molecule has 2 aromatic rings. The van der Waals surface area contributed by atoms with Crippen molar-refractivity contribution in [2.75, 3.05) is 7.11 Å². The summed E-state index contributed by atoms with van der Waals surface area (Å²) in [7, 11) is 1.57. The highest BCUT2D eigenvalue weighted by atomic mass is 79.9. The summed E-state index contributed by atoms with van der Waals surface area (Å²) in [6, 6.07) is 8.92. The third-order valence-corrected chi connectivity index (χ3v) is 4.36. The fourth-order valence-electron chi connectivity index (χ4n) is 1.79. The number of alkyl halides is 1. The number of rotatable bonds is 5. The first-order chi connectivity index (χ1) is 10.0. The predicted molar refractivity (Wildman–Crippen MR) is 91.4 cm³/mol. The highest BCUT2D eigenvalue weighted by Crippen LogP contribution is 2.37. The summed E-state index contributed by atoms with van der Waals surface area (Å²) in [5.41, 5.74) is 1.79. The Morgan fingerprint density at radius 1 is 1.05 bits per heavy atom. The van der Waals surface area contributed by atoms with Crippen LogP contribution in [0.3, 0.4) is 0 Å². The summed E-state index contributed by atoms with van der Waals surface area (Å²) in [6.07, 6.45) is 0. The Hall–Kier alpha value is -0.610. The van der Waals surface area contributed by atoms with E-state index < -0.39 is 0 Å². The molecule has 0 atom stereocenters. The van der Waals surface area contributed by atoms with E-state index in [4.69, 9.17) is 44.3 Å². The zero-order valence-electron chi connectivity index (χ0n) is 11.1. The Bertz CT molecular complexity index is 647. The predicted octanol–water partition coefficient (Wildman–Crippen LogP) is 6.13. The van der Waals surface area contributed by atoms with Crippen LogP contribution in [0.25, 0.3) is 0 Å². The van der Waals surface area contributed by atoms with Gasteiger partial charge in [0.1, 0.15) is 6.61 Å². The number of benzene rings is 2. The van der Waals surface area contributed by atoms with E-state index in [1.165, 1.54) is 0 Å². The maximum atomic E-state index is 6.24. The van der Waals surface area contributed by atoms with E-state index in [0.29, 0.717) is 31.9 Å². The topological polar surface area (TPSA) is 18.5 Å². The van der Waals surface area contributed by atoms with Crippen molar-refractivity contribution < 1.29 is 9.47 Å². The molecule has 0 aromatic heterocycles. The molecule has 0 saturated carbocycles. The Morgan fingerprint density at radius 3 is 2.48 bits per heavy atom. The lowest BCUT2D eigenvalue weighted by atomic mass is 10.2. The average molecular weight is 411 g/mol. The molecular formula is C15H12BrCl3O2. The minimum atomic E-state index is 0.253. The second kappa shape index (κ2) is 7.59. The Morgan fingerprint density at radius 2 is 1.81 bits per heavy atom. The van der Waals surface area contributed by atoms with Crippen LogP contribution in [0.5, 0.6) is 11.5 Å². The van der Waals surface area contributed by atoms with Crippen LogP contribution in [0.15, 0.2) is 30.3 Å². The molecule has 0 unspecified atom stereocenters. The summed E-state index contributed by atoms with van der Waals surface area (Å²) < 4.78 is 11.1. The molecule has 2 nitrogen and oxygen atoms in total. The van der Waals surface area contributed by atoms with Crippen LogP contribution in [-0.2, 0) is 11.9 Å². The molecule has 0 fully saturated rings. The molecular weight excluding hydrogens is 398 g/mol. The van der Waals surface area contributed by atoms with Crippen LogP contribution < -0.4 is 9.47 Å². The molecule has 21 heavy (non-hydrogen) atoms. The van der Waals surface area contributed by atoms with Crippen molar-refractivity contribution >= 4 is 50.7 Å². The standard InChI is InChI=1S/C15H12BrCl3O2/c1-20-14-5-9(7-16)4-13(19)15(14)21-8-10-6-11(17)2-3-12(10)18/h2-6H,7-8H2,1H3. The summed E-state index contributed by atoms with van der Waals surface area (Å²) in [5.74, 6) is 1.06. The van der Waals surface area contributed by atoms with E-state index in [2.05, 4.69) is 15.9 Å². The van der Waals surface area contributed by atoms with Crippen LogP contribution in [0, 0.1) is 0 Å². The number of halogens is 4. The molecule has 0 heterocycles. The number of ether oxygens (including phenoxy) is 2. The van der Waals surface area contributed by atoms with Crippen LogP contribution in [0.2, 0.25) is 15.1 Å². The van der Waals surface area contributed by atoms with E-state index in [1.54, 1.807) is 25.3 Å². The number of hydrogen-bond acceptors (Lipinski definition) is 2. The van der Waals surface area contributed by atoms with E-state index in [0.717, 1.165) is 11.1 Å². The molecule has 112 valence electrons.